The molecule has 1 aromatic carbocycles. The summed E-state index contributed by atoms with van der Waals surface area (Å²) in [7, 11) is 0. The molecular weight excluding hydrogens is 313 g/mol. The molecule has 1 heterocycles. The summed E-state index contributed by atoms with van der Waals surface area (Å²) in [6.45, 7) is 1.29. The first-order valence-electron chi connectivity index (χ1n) is 6.93. The van der Waals surface area contributed by atoms with Gasteiger partial charge >= 0.3 is 5.97 Å². The fraction of sp³-hybridized carbons (Fsp3) is 0.467. The lowest BCUT2D eigenvalue weighted by atomic mass is 9.92. The van der Waals surface area contributed by atoms with Gasteiger partial charge < -0.3 is 10.0 Å². The molecule has 0 saturated carbocycles. The number of amides is 1. The second kappa shape index (κ2) is 7.14. The number of aliphatic carboxylic acids is 1. The summed E-state index contributed by atoms with van der Waals surface area (Å²) in [6.07, 6.45) is 2.56. The Bertz CT molecular complexity index is 519. The highest BCUT2D eigenvalue weighted by atomic mass is 35.5. The summed E-state index contributed by atoms with van der Waals surface area (Å²) < 4.78 is 0. The molecule has 0 radical (unpaired) electrons. The summed E-state index contributed by atoms with van der Waals surface area (Å²) in [4.78, 5) is 24.7. The van der Waals surface area contributed by atoms with E-state index in [0.29, 0.717) is 41.0 Å². The van der Waals surface area contributed by atoms with Gasteiger partial charge in [-0.15, -0.1) is 0 Å². The molecule has 0 aromatic heterocycles. The standard InChI is InChI=1S/C15H17Cl2NO3/c16-12-7-11(8-13(17)9-12)15(21)18-5-3-10(4-6-18)1-2-14(19)20/h7-10H,1-6H2,(H,19,20). The molecule has 0 bridgehead atoms. The predicted octanol–water partition coefficient (Wildman–Crippen LogP) is 3.71. The van der Waals surface area contributed by atoms with Crippen molar-refractivity contribution < 1.29 is 14.7 Å². The van der Waals surface area contributed by atoms with Gasteiger partial charge in [-0.2, -0.15) is 0 Å². The third-order valence-corrected chi connectivity index (χ3v) is 4.21. The Balaban J connectivity index is 1.92. The first-order valence-corrected chi connectivity index (χ1v) is 7.68. The molecule has 114 valence electrons. The normalized spacial score (nSPS) is 16.0. The minimum absolute atomic E-state index is 0.0731. The summed E-state index contributed by atoms with van der Waals surface area (Å²) in [5.74, 6) is -0.453. The molecule has 6 heteroatoms. The number of benzene rings is 1. The van der Waals surface area contributed by atoms with Gasteiger partial charge in [-0.05, 0) is 43.4 Å². The molecular formula is C15H17Cl2NO3. The van der Waals surface area contributed by atoms with E-state index in [1.54, 1.807) is 23.1 Å². The Kier molecular flexibility index (Phi) is 5.48. The van der Waals surface area contributed by atoms with Crippen LogP contribution in [0.3, 0.4) is 0 Å². The van der Waals surface area contributed by atoms with Crippen LogP contribution in [-0.4, -0.2) is 35.0 Å². The molecule has 4 nitrogen and oxygen atoms in total. The van der Waals surface area contributed by atoms with Gasteiger partial charge in [0.05, 0.1) is 0 Å². The molecule has 0 atom stereocenters. The van der Waals surface area contributed by atoms with Crippen LogP contribution in [0.25, 0.3) is 0 Å². The fourth-order valence-electron chi connectivity index (χ4n) is 2.61. The quantitative estimate of drug-likeness (QED) is 0.915. The predicted molar refractivity (Wildman–Crippen MR) is 82.0 cm³/mol. The average Bonchev–Trinajstić information content (AvgIpc) is 2.44. The average molecular weight is 330 g/mol. The van der Waals surface area contributed by atoms with E-state index in [1.807, 2.05) is 0 Å². The summed E-state index contributed by atoms with van der Waals surface area (Å²) in [5.41, 5.74) is 0.497. The molecule has 1 N–H and O–H groups in total. The SMILES string of the molecule is O=C(O)CCC1CCN(C(=O)c2cc(Cl)cc(Cl)c2)CC1. The molecule has 2 rings (SSSR count). The monoisotopic (exact) mass is 329 g/mol. The van der Waals surface area contributed by atoms with Crippen LogP contribution in [-0.2, 0) is 4.79 Å². The maximum absolute atomic E-state index is 12.4. The minimum Gasteiger partial charge on any atom is -0.481 e. The Labute approximate surface area is 133 Å². The number of carboxylic acids is 1. The highest BCUT2D eigenvalue weighted by molar-refractivity contribution is 6.35. The van der Waals surface area contributed by atoms with E-state index >= 15 is 0 Å². The lowest BCUT2D eigenvalue weighted by Gasteiger charge is -2.32. The largest absolute Gasteiger partial charge is 0.481 e. The topological polar surface area (TPSA) is 57.6 Å². The number of carboxylic acid groups (broad SMARTS) is 1. The number of halogens is 2. The Morgan fingerprint density at radius 2 is 1.71 bits per heavy atom. The number of likely N-dealkylation sites (tertiary alicyclic amines) is 1. The van der Waals surface area contributed by atoms with E-state index < -0.39 is 5.97 Å². The van der Waals surface area contributed by atoms with E-state index in [9.17, 15) is 9.59 Å². The number of carbonyl (C=O) groups excluding carboxylic acids is 1. The van der Waals surface area contributed by atoms with Gasteiger partial charge in [-0.25, -0.2) is 0 Å². The second-order valence-corrected chi connectivity index (χ2v) is 6.20. The van der Waals surface area contributed by atoms with Crippen molar-refractivity contribution in [2.45, 2.75) is 25.7 Å². The first kappa shape index (κ1) is 16.1. The number of carbonyl (C=O) groups is 2. The second-order valence-electron chi connectivity index (χ2n) is 5.33. The maximum atomic E-state index is 12.4. The van der Waals surface area contributed by atoms with Crippen molar-refractivity contribution in [3.8, 4) is 0 Å². The summed E-state index contributed by atoms with van der Waals surface area (Å²) in [5, 5.41) is 9.59. The van der Waals surface area contributed by atoms with Crippen LogP contribution < -0.4 is 0 Å². The van der Waals surface area contributed by atoms with E-state index in [-0.39, 0.29) is 12.3 Å². The van der Waals surface area contributed by atoms with Crippen LogP contribution in [0.1, 0.15) is 36.0 Å². The van der Waals surface area contributed by atoms with E-state index in [0.717, 1.165) is 12.8 Å². The Morgan fingerprint density at radius 3 is 2.24 bits per heavy atom. The summed E-state index contributed by atoms with van der Waals surface area (Å²) in [6, 6.07) is 4.83. The zero-order valence-corrected chi connectivity index (χ0v) is 13.0. The minimum atomic E-state index is -0.762. The zero-order chi connectivity index (χ0) is 15.4. The van der Waals surface area contributed by atoms with Gasteiger partial charge in [-0.3, -0.25) is 9.59 Å². The van der Waals surface area contributed by atoms with Crippen molar-refractivity contribution >= 4 is 35.1 Å². The van der Waals surface area contributed by atoms with Crippen LogP contribution >= 0.6 is 23.2 Å². The fourth-order valence-corrected chi connectivity index (χ4v) is 3.14. The molecule has 1 aromatic rings. The van der Waals surface area contributed by atoms with Crippen LogP contribution in [0.4, 0.5) is 0 Å². The molecule has 0 spiro atoms. The van der Waals surface area contributed by atoms with Gasteiger partial charge in [0.25, 0.3) is 5.91 Å². The van der Waals surface area contributed by atoms with Gasteiger partial charge in [0.15, 0.2) is 0 Å². The van der Waals surface area contributed by atoms with Crippen molar-refractivity contribution in [1.29, 1.82) is 0 Å². The molecule has 1 amide bonds. The van der Waals surface area contributed by atoms with Gasteiger partial charge in [0, 0.05) is 35.1 Å². The Morgan fingerprint density at radius 1 is 1.14 bits per heavy atom. The van der Waals surface area contributed by atoms with Gasteiger partial charge in [0.2, 0.25) is 0 Å². The molecule has 1 aliphatic heterocycles. The number of hydrogen-bond donors (Lipinski definition) is 1. The van der Waals surface area contributed by atoms with Crippen molar-refractivity contribution in [1.82, 2.24) is 4.90 Å². The molecule has 1 saturated heterocycles. The number of hydrogen-bond acceptors (Lipinski definition) is 2. The van der Waals surface area contributed by atoms with E-state index in [2.05, 4.69) is 0 Å². The zero-order valence-electron chi connectivity index (χ0n) is 11.5. The van der Waals surface area contributed by atoms with Crippen LogP contribution in [0.5, 0.6) is 0 Å². The first-order chi connectivity index (χ1) is 9.95. The third kappa shape index (κ3) is 4.61. The molecule has 1 aliphatic rings. The lowest BCUT2D eigenvalue weighted by Crippen LogP contribution is -2.38. The van der Waals surface area contributed by atoms with Gasteiger partial charge in [-0.1, -0.05) is 23.2 Å². The maximum Gasteiger partial charge on any atom is 0.303 e. The number of nitrogens with zero attached hydrogens (tertiary/aromatic N) is 1. The number of piperidine rings is 1. The molecule has 0 unspecified atom stereocenters. The van der Waals surface area contributed by atoms with Crippen LogP contribution in [0, 0.1) is 5.92 Å². The van der Waals surface area contributed by atoms with Crippen molar-refractivity contribution in [3.63, 3.8) is 0 Å². The Hall–Kier alpha value is -1.26. The number of rotatable bonds is 4. The van der Waals surface area contributed by atoms with E-state index in [4.69, 9.17) is 28.3 Å². The van der Waals surface area contributed by atoms with Crippen LogP contribution in [0.15, 0.2) is 18.2 Å². The molecule has 0 aliphatic carbocycles. The highest BCUT2D eigenvalue weighted by Crippen LogP contribution is 2.25. The molecule has 1 fully saturated rings. The van der Waals surface area contributed by atoms with Gasteiger partial charge in [0.1, 0.15) is 0 Å². The van der Waals surface area contributed by atoms with Crippen molar-refractivity contribution in [3.05, 3.63) is 33.8 Å². The highest BCUT2D eigenvalue weighted by Gasteiger charge is 2.24. The van der Waals surface area contributed by atoms with Crippen LogP contribution in [0.2, 0.25) is 10.0 Å². The summed E-state index contributed by atoms with van der Waals surface area (Å²) >= 11 is 11.8. The van der Waals surface area contributed by atoms with E-state index in [1.165, 1.54) is 0 Å². The van der Waals surface area contributed by atoms with Crippen molar-refractivity contribution in [2.75, 3.05) is 13.1 Å². The smallest absolute Gasteiger partial charge is 0.303 e. The lowest BCUT2D eigenvalue weighted by molar-refractivity contribution is -0.137. The molecule has 21 heavy (non-hydrogen) atoms. The third-order valence-electron chi connectivity index (χ3n) is 3.78. The van der Waals surface area contributed by atoms with Crippen molar-refractivity contribution in [2.24, 2.45) is 5.92 Å².